The molecule has 2 unspecified atom stereocenters. The lowest BCUT2D eigenvalue weighted by Gasteiger charge is -2.19. The third kappa shape index (κ3) is 3.31. The lowest BCUT2D eigenvalue weighted by Crippen LogP contribution is -2.40. The number of fused-ring (bicyclic) bond motifs is 1. The summed E-state index contributed by atoms with van der Waals surface area (Å²) in [5.41, 5.74) is 9.78. The normalized spacial score (nSPS) is 21.6. The number of halogens is 1. The molecule has 1 aromatic heterocycles. The summed E-state index contributed by atoms with van der Waals surface area (Å²) in [5.74, 6) is 0.367. The molecule has 2 aromatic rings. The van der Waals surface area contributed by atoms with Crippen molar-refractivity contribution in [3.8, 4) is 5.69 Å². The van der Waals surface area contributed by atoms with Crippen LogP contribution in [0.4, 0.5) is 0 Å². The second kappa shape index (κ2) is 7.58. The van der Waals surface area contributed by atoms with Gasteiger partial charge in [-0.25, -0.2) is 4.68 Å². The summed E-state index contributed by atoms with van der Waals surface area (Å²) in [6.45, 7) is 0.640. The van der Waals surface area contributed by atoms with Gasteiger partial charge in [0.2, 0.25) is 0 Å². The molecule has 1 amide bonds. The van der Waals surface area contributed by atoms with E-state index in [1.807, 2.05) is 35.0 Å². The van der Waals surface area contributed by atoms with Gasteiger partial charge in [0.05, 0.1) is 5.69 Å². The zero-order chi connectivity index (χ0) is 16.5. The average Bonchev–Trinajstić information content (AvgIpc) is 3.31. The Morgan fingerprint density at radius 1 is 1.20 bits per heavy atom. The molecule has 2 aliphatic rings. The standard InChI is InChI=1S/C19H24N4O.ClH/c20-12-13-6-4-10-16(13)21-19(24)18-15-9-5-11-17(15)23(22-18)14-7-2-1-3-8-14;/h1-3,7-8,13,16H,4-6,9-12,20H2,(H,21,24);1H. The van der Waals surface area contributed by atoms with Crippen molar-refractivity contribution in [1.82, 2.24) is 15.1 Å². The van der Waals surface area contributed by atoms with Gasteiger partial charge in [0.1, 0.15) is 0 Å². The van der Waals surface area contributed by atoms with Crippen molar-refractivity contribution in [3.63, 3.8) is 0 Å². The third-order valence-electron chi connectivity index (χ3n) is 5.42. The quantitative estimate of drug-likeness (QED) is 0.880. The highest BCUT2D eigenvalue weighted by Crippen LogP contribution is 2.29. The second-order valence-corrected chi connectivity index (χ2v) is 6.88. The molecule has 0 bridgehead atoms. The summed E-state index contributed by atoms with van der Waals surface area (Å²) in [5, 5.41) is 7.86. The zero-order valence-electron chi connectivity index (χ0n) is 14.3. The van der Waals surface area contributed by atoms with E-state index in [-0.39, 0.29) is 24.4 Å². The first-order valence-electron chi connectivity index (χ1n) is 8.95. The van der Waals surface area contributed by atoms with Crippen LogP contribution in [0.15, 0.2) is 30.3 Å². The van der Waals surface area contributed by atoms with E-state index in [0.29, 0.717) is 18.2 Å². The maximum absolute atomic E-state index is 12.8. The van der Waals surface area contributed by atoms with Crippen molar-refractivity contribution in [2.75, 3.05) is 6.54 Å². The van der Waals surface area contributed by atoms with Crippen LogP contribution >= 0.6 is 12.4 Å². The Balaban J connectivity index is 0.00000182. The first kappa shape index (κ1) is 18.0. The molecule has 1 fully saturated rings. The fourth-order valence-electron chi connectivity index (χ4n) is 4.15. The number of amides is 1. The second-order valence-electron chi connectivity index (χ2n) is 6.88. The largest absolute Gasteiger partial charge is 0.348 e. The SMILES string of the molecule is Cl.NCC1CCCC1NC(=O)c1nn(-c2ccccc2)c2c1CCC2. The fraction of sp³-hybridized carbons (Fsp3) is 0.474. The average molecular weight is 361 g/mol. The molecule has 2 atom stereocenters. The monoisotopic (exact) mass is 360 g/mol. The number of carbonyl (C=O) groups excluding carboxylic acids is 1. The van der Waals surface area contributed by atoms with Crippen LogP contribution in [0.25, 0.3) is 5.69 Å². The minimum atomic E-state index is -0.0341. The van der Waals surface area contributed by atoms with E-state index >= 15 is 0 Å². The van der Waals surface area contributed by atoms with Crippen LogP contribution in [0.1, 0.15) is 47.4 Å². The molecule has 134 valence electrons. The lowest BCUT2D eigenvalue weighted by atomic mass is 10.0. The van der Waals surface area contributed by atoms with Crippen molar-refractivity contribution in [3.05, 3.63) is 47.3 Å². The Hall–Kier alpha value is -1.85. The number of benzene rings is 1. The fourth-order valence-corrected chi connectivity index (χ4v) is 4.15. The first-order valence-corrected chi connectivity index (χ1v) is 8.95. The number of nitrogens with one attached hydrogen (secondary N) is 1. The van der Waals surface area contributed by atoms with Crippen LogP contribution in [-0.4, -0.2) is 28.3 Å². The Bertz CT molecular complexity index is 743. The number of rotatable bonds is 4. The Kier molecular flexibility index (Phi) is 5.45. The van der Waals surface area contributed by atoms with Crippen LogP contribution < -0.4 is 11.1 Å². The summed E-state index contributed by atoms with van der Waals surface area (Å²) < 4.78 is 1.95. The third-order valence-corrected chi connectivity index (χ3v) is 5.42. The minimum Gasteiger partial charge on any atom is -0.348 e. The highest BCUT2D eigenvalue weighted by molar-refractivity contribution is 5.94. The van der Waals surface area contributed by atoms with Crippen LogP contribution in [0.5, 0.6) is 0 Å². The summed E-state index contributed by atoms with van der Waals surface area (Å²) in [7, 11) is 0. The number of para-hydroxylation sites is 1. The highest BCUT2D eigenvalue weighted by Gasteiger charge is 2.31. The molecular weight excluding hydrogens is 336 g/mol. The minimum absolute atomic E-state index is 0. The predicted molar refractivity (Wildman–Crippen MR) is 100 cm³/mol. The van der Waals surface area contributed by atoms with Crippen LogP contribution in [0.2, 0.25) is 0 Å². The van der Waals surface area contributed by atoms with Gasteiger partial charge in [0.15, 0.2) is 5.69 Å². The van der Waals surface area contributed by atoms with E-state index in [1.54, 1.807) is 0 Å². The van der Waals surface area contributed by atoms with Gasteiger partial charge in [-0.05, 0) is 56.7 Å². The summed E-state index contributed by atoms with van der Waals surface area (Å²) >= 11 is 0. The van der Waals surface area contributed by atoms with Crippen molar-refractivity contribution < 1.29 is 4.79 Å². The van der Waals surface area contributed by atoms with E-state index in [1.165, 1.54) is 5.69 Å². The van der Waals surface area contributed by atoms with E-state index in [0.717, 1.165) is 49.8 Å². The molecule has 4 rings (SSSR count). The number of carbonyl (C=O) groups is 1. The van der Waals surface area contributed by atoms with Crippen LogP contribution in [0, 0.1) is 5.92 Å². The number of hydrogen-bond donors (Lipinski definition) is 2. The predicted octanol–water partition coefficient (Wildman–Crippen LogP) is 2.64. The van der Waals surface area contributed by atoms with Gasteiger partial charge in [-0.15, -0.1) is 12.4 Å². The highest BCUT2D eigenvalue weighted by atomic mass is 35.5. The Morgan fingerprint density at radius 3 is 2.76 bits per heavy atom. The molecule has 0 spiro atoms. The number of nitrogens with two attached hydrogens (primary N) is 1. The van der Waals surface area contributed by atoms with E-state index in [2.05, 4.69) is 10.4 Å². The van der Waals surface area contributed by atoms with Gasteiger partial charge >= 0.3 is 0 Å². The molecule has 1 saturated carbocycles. The number of nitrogens with zero attached hydrogens (tertiary/aromatic N) is 2. The Labute approximate surface area is 154 Å². The lowest BCUT2D eigenvalue weighted by molar-refractivity contribution is 0.0922. The van der Waals surface area contributed by atoms with Crippen LogP contribution in [0.3, 0.4) is 0 Å². The number of hydrogen-bond acceptors (Lipinski definition) is 3. The maximum Gasteiger partial charge on any atom is 0.272 e. The van der Waals surface area contributed by atoms with Gasteiger partial charge in [0.25, 0.3) is 5.91 Å². The molecule has 0 saturated heterocycles. The van der Waals surface area contributed by atoms with Crippen molar-refractivity contribution >= 4 is 18.3 Å². The van der Waals surface area contributed by atoms with Gasteiger partial charge in [0, 0.05) is 17.3 Å². The van der Waals surface area contributed by atoms with Gasteiger partial charge in [-0.1, -0.05) is 24.6 Å². The zero-order valence-corrected chi connectivity index (χ0v) is 15.1. The Morgan fingerprint density at radius 2 is 2.00 bits per heavy atom. The summed E-state index contributed by atoms with van der Waals surface area (Å²) in [6.07, 6.45) is 6.29. The van der Waals surface area contributed by atoms with Crippen molar-refractivity contribution in [2.24, 2.45) is 11.7 Å². The van der Waals surface area contributed by atoms with E-state index < -0.39 is 0 Å². The topological polar surface area (TPSA) is 72.9 Å². The molecule has 25 heavy (non-hydrogen) atoms. The molecular formula is C19H25ClN4O. The molecule has 2 aliphatic carbocycles. The summed E-state index contributed by atoms with van der Waals surface area (Å²) in [6, 6.07) is 10.3. The van der Waals surface area contributed by atoms with Gasteiger partial charge in [-0.3, -0.25) is 4.79 Å². The maximum atomic E-state index is 12.8. The van der Waals surface area contributed by atoms with Gasteiger partial charge < -0.3 is 11.1 Å². The first-order chi connectivity index (χ1) is 11.8. The summed E-state index contributed by atoms with van der Waals surface area (Å²) in [4.78, 5) is 12.8. The molecule has 1 heterocycles. The van der Waals surface area contributed by atoms with Crippen molar-refractivity contribution in [2.45, 2.75) is 44.6 Å². The molecule has 1 aromatic carbocycles. The van der Waals surface area contributed by atoms with Gasteiger partial charge in [-0.2, -0.15) is 5.10 Å². The smallest absolute Gasteiger partial charge is 0.272 e. The van der Waals surface area contributed by atoms with E-state index in [9.17, 15) is 4.79 Å². The molecule has 5 nitrogen and oxygen atoms in total. The molecule has 0 aliphatic heterocycles. The van der Waals surface area contributed by atoms with Crippen molar-refractivity contribution in [1.29, 1.82) is 0 Å². The van der Waals surface area contributed by atoms with E-state index in [4.69, 9.17) is 5.73 Å². The van der Waals surface area contributed by atoms with Crippen LogP contribution in [-0.2, 0) is 12.8 Å². The molecule has 0 radical (unpaired) electrons. The molecule has 3 N–H and O–H groups in total. The number of aromatic nitrogens is 2. The molecule has 6 heteroatoms.